The SMILES string of the molecule is CCCOc1ccc(C(=O)NC(=S)Nc2ccccc2C(=O)NCc2ccco2)cc1Br. The van der Waals surface area contributed by atoms with E-state index < -0.39 is 0 Å². The molecule has 2 amide bonds. The van der Waals surface area contributed by atoms with Crippen molar-refractivity contribution in [1.82, 2.24) is 10.6 Å². The molecule has 0 spiro atoms. The molecule has 3 aromatic rings. The minimum atomic E-state index is -0.384. The molecule has 1 heterocycles. The lowest BCUT2D eigenvalue weighted by Crippen LogP contribution is -2.35. The number of carbonyl (C=O) groups excluding carboxylic acids is 2. The van der Waals surface area contributed by atoms with Crippen LogP contribution in [0, 0.1) is 0 Å². The fraction of sp³-hybridized carbons (Fsp3) is 0.174. The van der Waals surface area contributed by atoms with Crippen molar-refractivity contribution in [1.29, 1.82) is 0 Å². The zero-order valence-electron chi connectivity index (χ0n) is 17.3. The van der Waals surface area contributed by atoms with E-state index >= 15 is 0 Å². The number of anilines is 1. The van der Waals surface area contributed by atoms with Crippen LogP contribution in [0.4, 0.5) is 5.69 Å². The van der Waals surface area contributed by atoms with E-state index in [1.807, 2.05) is 6.92 Å². The third-order valence-electron chi connectivity index (χ3n) is 4.31. The number of nitrogens with one attached hydrogen (secondary N) is 3. The van der Waals surface area contributed by atoms with Crippen LogP contribution in [0.2, 0.25) is 0 Å². The van der Waals surface area contributed by atoms with E-state index in [0.717, 1.165) is 6.42 Å². The predicted octanol–water partition coefficient (Wildman–Crippen LogP) is 4.89. The number of halogens is 1. The molecule has 0 aliphatic heterocycles. The molecule has 0 radical (unpaired) electrons. The quantitative estimate of drug-likeness (QED) is 0.370. The number of carbonyl (C=O) groups is 2. The van der Waals surface area contributed by atoms with Crippen LogP contribution in [-0.2, 0) is 6.54 Å². The summed E-state index contributed by atoms with van der Waals surface area (Å²) in [6, 6.07) is 15.5. The van der Waals surface area contributed by atoms with Gasteiger partial charge in [-0.2, -0.15) is 0 Å². The highest BCUT2D eigenvalue weighted by atomic mass is 79.9. The average Bonchev–Trinajstić information content (AvgIpc) is 3.30. The van der Waals surface area contributed by atoms with Crippen LogP contribution < -0.4 is 20.7 Å². The molecule has 3 N–H and O–H groups in total. The minimum absolute atomic E-state index is 0.0729. The van der Waals surface area contributed by atoms with Crippen molar-refractivity contribution >= 4 is 50.8 Å². The summed E-state index contributed by atoms with van der Waals surface area (Å²) in [7, 11) is 0. The Labute approximate surface area is 199 Å². The molecule has 0 unspecified atom stereocenters. The molecule has 7 nitrogen and oxygen atoms in total. The molecule has 0 atom stereocenters. The van der Waals surface area contributed by atoms with Crippen molar-refractivity contribution in [3.05, 3.63) is 82.2 Å². The molecular weight excluding hydrogens is 494 g/mol. The Morgan fingerprint density at radius 1 is 1.09 bits per heavy atom. The molecule has 2 aromatic carbocycles. The number of hydrogen-bond acceptors (Lipinski definition) is 5. The van der Waals surface area contributed by atoms with Crippen LogP contribution in [0.15, 0.2) is 69.8 Å². The monoisotopic (exact) mass is 515 g/mol. The third kappa shape index (κ3) is 6.41. The van der Waals surface area contributed by atoms with E-state index in [1.54, 1.807) is 60.9 Å². The Balaban J connectivity index is 1.61. The maximum absolute atomic E-state index is 12.6. The summed E-state index contributed by atoms with van der Waals surface area (Å²) in [5.74, 6) is 0.623. The van der Waals surface area contributed by atoms with Crippen LogP contribution in [0.25, 0.3) is 0 Å². The number of hydrogen-bond donors (Lipinski definition) is 3. The predicted molar refractivity (Wildman–Crippen MR) is 130 cm³/mol. The van der Waals surface area contributed by atoms with Gasteiger partial charge in [0.2, 0.25) is 0 Å². The van der Waals surface area contributed by atoms with Gasteiger partial charge in [-0.3, -0.25) is 14.9 Å². The molecule has 0 aliphatic carbocycles. The van der Waals surface area contributed by atoms with Gasteiger partial charge in [0.1, 0.15) is 11.5 Å². The summed E-state index contributed by atoms with van der Waals surface area (Å²) in [4.78, 5) is 25.2. The summed E-state index contributed by atoms with van der Waals surface area (Å²) in [6.07, 6.45) is 2.43. The number of amides is 2. The minimum Gasteiger partial charge on any atom is -0.492 e. The van der Waals surface area contributed by atoms with Gasteiger partial charge in [0.15, 0.2) is 5.11 Å². The number of furan rings is 1. The first-order valence-electron chi connectivity index (χ1n) is 9.92. The second-order valence-electron chi connectivity index (χ2n) is 6.71. The van der Waals surface area contributed by atoms with E-state index in [4.69, 9.17) is 21.4 Å². The van der Waals surface area contributed by atoms with Crippen LogP contribution in [0.3, 0.4) is 0 Å². The van der Waals surface area contributed by atoms with Crippen molar-refractivity contribution in [2.45, 2.75) is 19.9 Å². The average molecular weight is 516 g/mol. The third-order valence-corrected chi connectivity index (χ3v) is 5.13. The van der Waals surface area contributed by atoms with E-state index in [0.29, 0.717) is 39.4 Å². The Kier molecular flexibility index (Phi) is 8.41. The van der Waals surface area contributed by atoms with Gasteiger partial charge in [-0.15, -0.1) is 0 Å². The van der Waals surface area contributed by atoms with Gasteiger partial charge in [-0.1, -0.05) is 19.1 Å². The fourth-order valence-corrected chi connectivity index (χ4v) is 3.46. The van der Waals surface area contributed by atoms with Gasteiger partial charge >= 0.3 is 0 Å². The molecule has 0 saturated heterocycles. The van der Waals surface area contributed by atoms with Gasteiger partial charge in [0, 0.05) is 5.56 Å². The van der Waals surface area contributed by atoms with E-state index in [2.05, 4.69) is 31.9 Å². The Hall–Kier alpha value is -3.17. The summed E-state index contributed by atoms with van der Waals surface area (Å²) < 4.78 is 11.5. The van der Waals surface area contributed by atoms with E-state index in [9.17, 15) is 9.59 Å². The highest BCUT2D eigenvalue weighted by molar-refractivity contribution is 9.10. The second-order valence-corrected chi connectivity index (χ2v) is 7.97. The molecule has 0 fully saturated rings. The number of para-hydroxylation sites is 1. The first-order chi connectivity index (χ1) is 15.5. The lowest BCUT2D eigenvalue weighted by molar-refractivity contribution is 0.0947. The van der Waals surface area contributed by atoms with Crippen molar-refractivity contribution in [2.24, 2.45) is 0 Å². The summed E-state index contributed by atoms with van der Waals surface area (Å²) in [5, 5.41) is 8.41. The maximum Gasteiger partial charge on any atom is 0.257 e. The van der Waals surface area contributed by atoms with Crippen LogP contribution >= 0.6 is 28.1 Å². The zero-order chi connectivity index (χ0) is 22.9. The lowest BCUT2D eigenvalue weighted by Gasteiger charge is -2.14. The van der Waals surface area contributed by atoms with Crippen LogP contribution in [0.1, 0.15) is 39.8 Å². The van der Waals surface area contributed by atoms with Gasteiger partial charge in [0.05, 0.1) is 35.1 Å². The van der Waals surface area contributed by atoms with Gasteiger partial charge in [0.25, 0.3) is 11.8 Å². The first-order valence-corrected chi connectivity index (χ1v) is 11.1. The van der Waals surface area contributed by atoms with Crippen molar-refractivity contribution in [2.75, 3.05) is 11.9 Å². The number of rotatable bonds is 8. The first kappa shape index (κ1) is 23.5. The van der Waals surface area contributed by atoms with E-state index in [1.165, 1.54) is 0 Å². The van der Waals surface area contributed by atoms with Gasteiger partial charge < -0.3 is 19.8 Å². The summed E-state index contributed by atoms with van der Waals surface area (Å²) >= 11 is 8.69. The highest BCUT2D eigenvalue weighted by Gasteiger charge is 2.15. The molecule has 9 heteroatoms. The van der Waals surface area contributed by atoms with Crippen LogP contribution in [0.5, 0.6) is 5.75 Å². The molecule has 0 saturated carbocycles. The standard InChI is InChI=1S/C23H22BrN3O4S/c1-2-11-31-20-10-9-15(13-18(20)24)21(28)27-23(32)26-19-8-4-3-7-17(19)22(29)25-14-16-6-5-12-30-16/h3-10,12-13H,2,11,14H2,1H3,(H,25,29)(H2,26,27,28,32). The molecule has 3 rings (SSSR count). The molecule has 166 valence electrons. The molecule has 32 heavy (non-hydrogen) atoms. The zero-order valence-corrected chi connectivity index (χ0v) is 19.7. The molecule has 0 bridgehead atoms. The topological polar surface area (TPSA) is 92.6 Å². The van der Waals surface area contributed by atoms with Crippen LogP contribution in [-0.4, -0.2) is 23.5 Å². The van der Waals surface area contributed by atoms with Crippen molar-refractivity contribution in [3.8, 4) is 5.75 Å². The summed E-state index contributed by atoms with van der Waals surface area (Å²) in [5.41, 5.74) is 1.27. The normalized spacial score (nSPS) is 10.3. The number of thiocarbonyl (C=S) groups is 1. The maximum atomic E-state index is 12.6. The largest absolute Gasteiger partial charge is 0.492 e. The highest BCUT2D eigenvalue weighted by Crippen LogP contribution is 2.26. The lowest BCUT2D eigenvalue weighted by atomic mass is 10.1. The fourth-order valence-electron chi connectivity index (χ4n) is 2.77. The van der Waals surface area contributed by atoms with Gasteiger partial charge in [-0.25, -0.2) is 0 Å². The van der Waals surface area contributed by atoms with Gasteiger partial charge in [-0.05, 0) is 77.0 Å². The second kappa shape index (κ2) is 11.4. The molecular formula is C23H22BrN3O4S. The van der Waals surface area contributed by atoms with Crippen molar-refractivity contribution < 1.29 is 18.7 Å². The molecule has 1 aromatic heterocycles. The summed E-state index contributed by atoms with van der Waals surface area (Å²) in [6.45, 7) is 2.87. The number of ether oxygens (including phenoxy) is 1. The van der Waals surface area contributed by atoms with Crippen molar-refractivity contribution in [3.63, 3.8) is 0 Å². The Bertz CT molecular complexity index is 1100. The smallest absolute Gasteiger partial charge is 0.257 e. The number of benzene rings is 2. The Morgan fingerprint density at radius 3 is 2.62 bits per heavy atom. The van der Waals surface area contributed by atoms with E-state index in [-0.39, 0.29) is 23.5 Å². The molecule has 0 aliphatic rings. The Morgan fingerprint density at radius 2 is 1.91 bits per heavy atom.